The molecule has 6 heteroatoms. The SMILES string of the molecule is CCc1ccc(NC(=S)N2CC[NH+](CC(=O)Nc3cccc(C)c3C)CC2)cc1. The molecule has 0 aliphatic carbocycles. The normalized spacial score (nSPS) is 14.5. The molecule has 154 valence electrons. The molecule has 0 radical (unpaired) electrons. The van der Waals surface area contributed by atoms with Gasteiger partial charge in [0, 0.05) is 11.4 Å². The van der Waals surface area contributed by atoms with E-state index < -0.39 is 0 Å². The van der Waals surface area contributed by atoms with E-state index in [1.165, 1.54) is 16.0 Å². The van der Waals surface area contributed by atoms with Crippen LogP contribution in [0, 0.1) is 13.8 Å². The quantitative estimate of drug-likeness (QED) is 0.662. The molecule has 2 aromatic rings. The predicted molar refractivity (Wildman–Crippen MR) is 124 cm³/mol. The van der Waals surface area contributed by atoms with Gasteiger partial charge in [-0.05, 0) is 67.4 Å². The summed E-state index contributed by atoms with van der Waals surface area (Å²) in [4.78, 5) is 15.9. The van der Waals surface area contributed by atoms with Crippen molar-refractivity contribution in [3.8, 4) is 0 Å². The van der Waals surface area contributed by atoms with E-state index in [2.05, 4.69) is 59.7 Å². The number of hydrogen-bond donors (Lipinski definition) is 3. The van der Waals surface area contributed by atoms with Crippen molar-refractivity contribution in [1.29, 1.82) is 0 Å². The lowest BCUT2D eigenvalue weighted by Gasteiger charge is -2.33. The number of amides is 1. The molecule has 0 spiro atoms. The average molecular weight is 412 g/mol. The Hall–Kier alpha value is -2.44. The minimum atomic E-state index is 0.0684. The highest BCUT2D eigenvalue weighted by atomic mass is 32.1. The smallest absolute Gasteiger partial charge is 0.279 e. The second-order valence-corrected chi connectivity index (χ2v) is 8.08. The van der Waals surface area contributed by atoms with E-state index in [4.69, 9.17) is 12.2 Å². The zero-order chi connectivity index (χ0) is 20.8. The van der Waals surface area contributed by atoms with Crippen LogP contribution >= 0.6 is 12.2 Å². The molecule has 0 aromatic heterocycles. The van der Waals surface area contributed by atoms with E-state index in [0.29, 0.717) is 6.54 Å². The van der Waals surface area contributed by atoms with Crippen LogP contribution in [0.3, 0.4) is 0 Å². The molecule has 5 nitrogen and oxygen atoms in total. The van der Waals surface area contributed by atoms with Crippen molar-refractivity contribution >= 4 is 34.6 Å². The summed E-state index contributed by atoms with van der Waals surface area (Å²) in [7, 11) is 0. The van der Waals surface area contributed by atoms with Crippen molar-refractivity contribution in [2.75, 3.05) is 43.4 Å². The molecule has 29 heavy (non-hydrogen) atoms. The molecule has 0 saturated carbocycles. The maximum Gasteiger partial charge on any atom is 0.279 e. The third-order valence-electron chi connectivity index (χ3n) is 5.66. The Morgan fingerprint density at radius 3 is 2.41 bits per heavy atom. The Bertz CT molecular complexity index is 858. The fourth-order valence-electron chi connectivity index (χ4n) is 3.54. The zero-order valence-electron chi connectivity index (χ0n) is 17.5. The molecule has 0 unspecified atom stereocenters. The molecule has 1 amide bonds. The number of aryl methyl sites for hydroxylation is 2. The highest BCUT2D eigenvalue weighted by molar-refractivity contribution is 7.80. The molecule has 0 atom stereocenters. The second kappa shape index (κ2) is 9.85. The van der Waals surface area contributed by atoms with Gasteiger partial charge in [0.1, 0.15) is 0 Å². The van der Waals surface area contributed by atoms with Gasteiger partial charge in [-0.1, -0.05) is 31.2 Å². The summed E-state index contributed by atoms with van der Waals surface area (Å²) in [6.07, 6.45) is 1.03. The Kier molecular flexibility index (Phi) is 7.23. The largest absolute Gasteiger partial charge is 0.338 e. The molecule has 1 heterocycles. The fourth-order valence-corrected chi connectivity index (χ4v) is 3.84. The number of carbonyl (C=O) groups is 1. The van der Waals surface area contributed by atoms with Crippen LogP contribution in [-0.2, 0) is 11.2 Å². The summed E-state index contributed by atoms with van der Waals surface area (Å²) in [6.45, 7) is 10.2. The van der Waals surface area contributed by atoms with Crippen molar-refractivity contribution < 1.29 is 9.69 Å². The Balaban J connectivity index is 1.45. The van der Waals surface area contributed by atoms with Crippen molar-refractivity contribution in [2.24, 2.45) is 0 Å². The third-order valence-corrected chi connectivity index (χ3v) is 6.02. The van der Waals surface area contributed by atoms with Crippen LogP contribution in [0.15, 0.2) is 42.5 Å². The van der Waals surface area contributed by atoms with Gasteiger partial charge in [0.2, 0.25) is 0 Å². The molecule has 3 rings (SSSR count). The van der Waals surface area contributed by atoms with Gasteiger partial charge in [0.25, 0.3) is 5.91 Å². The van der Waals surface area contributed by atoms with E-state index in [-0.39, 0.29) is 5.91 Å². The summed E-state index contributed by atoms with van der Waals surface area (Å²) in [5.74, 6) is 0.0684. The number of quaternary nitrogens is 1. The van der Waals surface area contributed by atoms with Gasteiger partial charge in [0.05, 0.1) is 26.2 Å². The minimum Gasteiger partial charge on any atom is -0.338 e. The molecule has 0 bridgehead atoms. The van der Waals surface area contributed by atoms with Gasteiger partial charge < -0.3 is 20.4 Å². The topological polar surface area (TPSA) is 48.8 Å². The van der Waals surface area contributed by atoms with Gasteiger partial charge in [-0.2, -0.15) is 0 Å². The monoisotopic (exact) mass is 411 g/mol. The predicted octanol–water partition coefficient (Wildman–Crippen LogP) is 2.40. The standard InChI is InChI=1S/C23H30N4OS/c1-4-19-8-10-20(11-9-19)24-23(29)27-14-12-26(13-15-27)16-22(28)25-21-7-5-6-17(2)18(21)3/h5-11H,4,12-16H2,1-3H3,(H,24,29)(H,25,28)/p+1. The summed E-state index contributed by atoms with van der Waals surface area (Å²) >= 11 is 5.58. The summed E-state index contributed by atoms with van der Waals surface area (Å²) in [5.41, 5.74) is 5.57. The first-order chi connectivity index (χ1) is 14.0. The van der Waals surface area contributed by atoms with Crippen LogP contribution < -0.4 is 15.5 Å². The summed E-state index contributed by atoms with van der Waals surface area (Å²) < 4.78 is 0. The van der Waals surface area contributed by atoms with E-state index in [0.717, 1.165) is 54.7 Å². The highest BCUT2D eigenvalue weighted by Gasteiger charge is 2.24. The first-order valence-electron chi connectivity index (χ1n) is 10.3. The number of thiocarbonyl (C=S) groups is 1. The minimum absolute atomic E-state index is 0.0684. The molecule has 1 aliphatic heterocycles. The highest BCUT2D eigenvalue weighted by Crippen LogP contribution is 2.17. The van der Waals surface area contributed by atoms with Crippen LogP contribution in [0.1, 0.15) is 23.6 Å². The number of nitrogens with zero attached hydrogens (tertiary/aromatic N) is 1. The second-order valence-electron chi connectivity index (χ2n) is 7.69. The molecule has 3 N–H and O–H groups in total. The van der Waals surface area contributed by atoms with E-state index in [1.807, 2.05) is 19.1 Å². The lowest BCUT2D eigenvalue weighted by Crippen LogP contribution is -3.15. The lowest BCUT2D eigenvalue weighted by atomic mass is 10.1. The van der Waals surface area contributed by atoms with E-state index >= 15 is 0 Å². The van der Waals surface area contributed by atoms with Gasteiger partial charge in [-0.3, -0.25) is 4.79 Å². The molecule has 1 saturated heterocycles. The molecular formula is C23H31N4OS+. The lowest BCUT2D eigenvalue weighted by molar-refractivity contribution is -0.895. The van der Waals surface area contributed by atoms with Crippen molar-refractivity contribution in [3.05, 3.63) is 59.2 Å². The maximum atomic E-state index is 12.5. The summed E-state index contributed by atoms with van der Waals surface area (Å²) in [5, 5.41) is 7.15. The van der Waals surface area contributed by atoms with E-state index in [1.54, 1.807) is 0 Å². The number of carbonyl (C=O) groups excluding carboxylic acids is 1. The molecule has 1 aliphatic rings. The molecular weight excluding hydrogens is 380 g/mol. The third kappa shape index (κ3) is 5.78. The zero-order valence-corrected chi connectivity index (χ0v) is 18.4. The first-order valence-corrected chi connectivity index (χ1v) is 10.7. The van der Waals surface area contributed by atoms with E-state index in [9.17, 15) is 4.79 Å². The van der Waals surface area contributed by atoms with Crippen LogP contribution in [0.25, 0.3) is 0 Å². The number of rotatable bonds is 5. The molecule has 1 fully saturated rings. The number of nitrogens with one attached hydrogen (secondary N) is 3. The fraction of sp³-hybridized carbons (Fsp3) is 0.391. The van der Waals surface area contributed by atoms with Crippen LogP contribution in [0.4, 0.5) is 11.4 Å². The number of benzene rings is 2. The van der Waals surface area contributed by atoms with Crippen molar-refractivity contribution in [2.45, 2.75) is 27.2 Å². The number of piperazine rings is 1. The number of anilines is 2. The Labute approximate surface area is 179 Å². The maximum absolute atomic E-state index is 12.5. The van der Waals surface area contributed by atoms with Gasteiger partial charge in [-0.15, -0.1) is 0 Å². The van der Waals surface area contributed by atoms with Crippen molar-refractivity contribution in [3.63, 3.8) is 0 Å². The Morgan fingerprint density at radius 1 is 1.07 bits per heavy atom. The molecule has 2 aromatic carbocycles. The average Bonchev–Trinajstić information content (AvgIpc) is 2.72. The number of hydrogen-bond acceptors (Lipinski definition) is 2. The first kappa shape index (κ1) is 21.3. The summed E-state index contributed by atoms with van der Waals surface area (Å²) in [6, 6.07) is 14.4. The van der Waals surface area contributed by atoms with Crippen LogP contribution in [0.5, 0.6) is 0 Å². The van der Waals surface area contributed by atoms with Crippen LogP contribution in [-0.4, -0.2) is 48.6 Å². The van der Waals surface area contributed by atoms with Gasteiger partial charge in [0.15, 0.2) is 11.7 Å². The van der Waals surface area contributed by atoms with Gasteiger partial charge >= 0.3 is 0 Å². The van der Waals surface area contributed by atoms with Crippen molar-refractivity contribution in [1.82, 2.24) is 4.90 Å². The Morgan fingerprint density at radius 2 is 1.76 bits per heavy atom. The van der Waals surface area contributed by atoms with Crippen LogP contribution in [0.2, 0.25) is 0 Å². The van der Waals surface area contributed by atoms with Gasteiger partial charge in [-0.25, -0.2) is 0 Å².